The Hall–Kier alpha value is -2.82. The Morgan fingerprint density at radius 1 is 0.966 bits per heavy atom. The normalized spacial score (nSPS) is 12.2. The third kappa shape index (κ3) is 4.00. The Labute approximate surface area is 173 Å². The number of carboxylic acid groups (broad SMARTS) is 1. The summed E-state index contributed by atoms with van der Waals surface area (Å²) in [6.45, 7) is 15.2. The monoisotopic (exact) mass is 393 g/mol. The Morgan fingerprint density at radius 2 is 1.55 bits per heavy atom. The van der Waals surface area contributed by atoms with Crippen molar-refractivity contribution in [1.82, 2.24) is 14.3 Å². The van der Waals surface area contributed by atoms with Crippen molar-refractivity contribution in [2.45, 2.75) is 66.0 Å². The zero-order chi connectivity index (χ0) is 21.5. The highest BCUT2D eigenvalue weighted by molar-refractivity contribution is 5.88. The largest absolute Gasteiger partial charge is 0.478 e. The topological polar surface area (TPSA) is 60.0 Å². The maximum atomic E-state index is 11.2. The quantitative estimate of drug-likeness (QED) is 0.563. The average molecular weight is 394 g/mol. The molecule has 2 aromatic heterocycles. The van der Waals surface area contributed by atoms with Crippen LogP contribution >= 0.6 is 0 Å². The summed E-state index contributed by atoms with van der Waals surface area (Å²) < 4.78 is 4.40. The first-order valence-electron chi connectivity index (χ1n) is 10.2. The van der Waals surface area contributed by atoms with Crippen LogP contribution in [0, 0.1) is 0 Å². The van der Waals surface area contributed by atoms with Gasteiger partial charge in [-0.2, -0.15) is 5.10 Å². The molecule has 5 heteroatoms. The van der Waals surface area contributed by atoms with E-state index in [1.165, 1.54) is 5.69 Å². The van der Waals surface area contributed by atoms with Crippen LogP contribution in [0.2, 0.25) is 0 Å². The maximum absolute atomic E-state index is 11.2. The van der Waals surface area contributed by atoms with Crippen LogP contribution in [0.15, 0.2) is 42.5 Å². The van der Waals surface area contributed by atoms with Crippen LogP contribution in [-0.2, 0) is 5.54 Å². The van der Waals surface area contributed by atoms with E-state index in [1.807, 2.05) is 12.1 Å². The van der Waals surface area contributed by atoms with Crippen LogP contribution in [0.4, 0.5) is 0 Å². The molecule has 1 aromatic carbocycles. The van der Waals surface area contributed by atoms with E-state index in [0.717, 1.165) is 22.6 Å². The van der Waals surface area contributed by atoms with E-state index in [-0.39, 0.29) is 11.6 Å². The zero-order valence-corrected chi connectivity index (χ0v) is 18.4. The van der Waals surface area contributed by atoms with Crippen molar-refractivity contribution in [3.63, 3.8) is 0 Å². The third-order valence-corrected chi connectivity index (χ3v) is 5.09. The fourth-order valence-corrected chi connectivity index (χ4v) is 3.70. The second-order valence-corrected chi connectivity index (χ2v) is 9.14. The summed E-state index contributed by atoms with van der Waals surface area (Å²) in [7, 11) is 0. The SMILES string of the molecule is CC(C)c1cc(-c2ccc(-c3ccc(C(=O)O)cc3)n2C(C)C)nn1C(C)(C)C. The number of aromatic nitrogens is 3. The molecule has 0 aliphatic heterocycles. The van der Waals surface area contributed by atoms with Gasteiger partial charge in [-0.3, -0.25) is 4.68 Å². The molecule has 2 heterocycles. The van der Waals surface area contributed by atoms with Crippen molar-refractivity contribution in [2.24, 2.45) is 0 Å². The van der Waals surface area contributed by atoms with E-state index < -0.39 is 5.97 Å². The first-order valence-corrected chi connectivity index (χ1v) is 10.2. The fourth-order valence-electron chi connectivity index (χ4n) is 3.70. The maximum Gasteiger partial charge on any atom is 0.335 e. The van der Waals surface area contributed by atoms with Crippen LogP contribution in [0.25, 0.3) is 22.6 Å². The summed E-state index contributed by atoms with van der Waals surface area (Å²) in [6, 6.07) is 13.7. The molecule has 0 radical (unpaired) electrons. The van der Waals surface area contributed by atoms with Crippen LogP contribution in [0.1, 0.15) is 76.5 Å². The molecule has 29 heavy (non-hydrogen) atoms. The van der Waals surface area contributed by atoms with E-state index >= 15 is 0 Å². The molecule has 154 valence electrons. The van der Waals surface area contributed by atoms with Gasteiger partial charge in [-0.25, -0.2) is 4.79 Å². The zero-order valence-electron chi connectivity index (χ0n) is 18.4. The molecule has 0 aliphatic rings. The molecule has 0 atom stereocenters. The van der Waals surface area contributed by atoms with Gasteiger partial charge in [0.15, 0.2) is 0 Å². The van der Waals surface area contributed by atoms with E-state index in [4.69, 9.17) is 10.2 Å². The number of hydrogen-bond acceptors (Lipinski definition) is 2. The number of carboxylic acids is 1. The van der Waals surface area contributed by atoms with Crippen molar-refractivity contribution >= 4 is 5.97 Å². The summed E-state index contributed by atoms with van der Waals surface area (Å²) >= 11 is 0. The van der Waals surface area contributed by atoms with E-state index in [0.29, 0.717) is 11.5 Å². The minimum atomic E-state index is -0.912. The van der Waals surface area contributed by atoms with Gasteiger partial charge in [-0.05, 0) is 76.4 Å². The summed E-state index contributed by atoms with van der Waals surface area (Å²) in [5, 5.41) is 14.1. The van der Waals surface area contributed by atoms with E-state index in [9.17, 15) is 4.79 Å². The number of carbonyl (C=O) groups is 1. The highest BCUT2D eigenvalue weighted by atomic mass is 16.4. The molecule has 3 rings (SSSR count). The van der Waals surface area contributed by atoms with Gasteiger partial charge in [0.2, 0.25) is 0 Å². The molecule has 3 aromatic rings. The molecule has 0 amide bonds. The lowest BCUT2D eigenvalue weighted by Crippen LogP contribution is -2.25. The highest BCUT2D eigenvalue weighted by Gasteiger charge is 2.24. The van der Waals surface area contributed by atoms with Gasteiger partial charge in [-0.15, -0.1) is 0 Å². The van der Waals surface area contributed by atoms with Crippen molar-refractivity contribution in [3.8, 4) is 22.6 Å². The highest BCUT2D eigenvalue weighted by Crippen LogP contribution is 2.34. The van der Waals surface area contributed by atoms with Crippen molar-refractivity contribution in [2.75, 3.05) is 0 Å². The van der Waals surface area contributed by atoms with Crippen LogP contribution in [0.3, 0.4) is 0 Å². The molecule has 0 spiro atoms. The minimum Gasteiger partial charge on any atom is -0.478 e. The van der Waals surface area contributed by atoms with Gasteiger partial charge in [0.25, 0.3) is 0 Å². The number of hydrogen-bond donors (Lipinski definition) is 1. The van der Waals surface area contributed by atoms with Gasteiger partial charge in [0, 0.05) is 17.4 Å². The van der Waals surface area contributed by atoms with Crippen molar-refractivity contribution in [3.05, 3.63) is 53.7 Å². The van der Waals surface area contributed by atoms with Gasteiger partial charge >= 0.3 is 5.97 Å². The molecule has 5 nitrogen and oxygen atoms in total. The molecule has 0 bridgehead atoms. The van der Waals surface area contributed by atoms with Gasteiger partial charge < -0.3 is 9.67 Å². The number of aromatic carboxylic acids is 1. The average Bonchev–Trinajstić information content (AvgIpc) is 3.26. The summed E-state index contributed by atoms with van der Waals surface area (Å²) in [6.07, 6.45) is 0. The summed E-state index contributed by atoms with van der Waals surface area (Å²) in [4.78, 5) is 11.2. The number of benzene rings is 1. The van der Waals surface area contributed by atoms with Gasteiger partial charge in [-0.1, -0.05) is 26.0 Å². The molecule has 0 fully saturated rings. The minimum absolute atomic E-state index is 0.0946. The number of rotatable bonds is 5. The summed E-state index contributed by atoms with van der Waals surface area (Å²) in [5.74, 6) is -0.536. The Balaban J connectivity index is 2.14. The molecular weight excluding hydrogens is 362 g/mol. The van der Waals surface area contributed by atoms with Crippen LogP contribution < -0.4 is 0 Å². The van der Waals surface area contributed by atoms with E-state index in [2.05, 4.69) is 75.9 Å². The van der Waals surface area contributed by atoms with Crippen molar-refractivity contribution in [1.29, 1.82) is 0 Å². The molecule has 1 N–H and O–H groups in total. The Morgan fingerprint density at radius 3 is 2.00 bits per heavy atom. The molecule has 0 saturated carbocycles. The first-order chi connectivity index (χ1) is 13.5. The number of nitrogens with zero attached hydrogens (tertiary/aromatic N) is 3. The molecular formula is C24H31N3O2. The fraction of sp³-hybridized carbons (Fsp3) is 0.417. The standard InChI is InChI=1S/C24H31N3O2/c1-15(2)22-14-19(25-27(22)24(5,6)7)21-13-12-20(26(21)16(3)4)17-8-10-18(11-9-17)23(28)29/h8-16H,1-7H3,(H,28,29). The first kappa shape index (κ1) is 20.9. The van der Waals surface area contributed by atoms with Gasteiger partial charge in [0.1, 0.15) is 5.69 Å². The Bertz CT molecular complexity index is 1020. The molecule has 0 aliphatic carbocycles. The Kier molecular flexibility index (Phi) is 5.44. The van der Waals surface area contributed by atoms with Crippen molar-refractivity contribution < 1.29 is 9.90 Å². The predicted molar refractivity (Wildman–Crippen MR) is 118 cm³/mol. The van der Waals surface area contributed by atoms with Crippen LogP contribution in [0.5, 0.6) is 0 Å². The van der Waals surface area contributed by atoms with E-state index in [1.54, 1.807) is 12.1 Å². The smallest absolute Gasteiger partial charge is 0.335 e. The lowest BCUT2D eigenvalue weighted by Gasteiger charge is -2.23. The summed E-state index contributed by atoms with van der Waals surface area (Å²) in [5.41, 5.74) is 5.51. The van der Waals surface area contributed by atoms with Crippen LogP contribution in [-0.4, -0.2) is 25.4 Å². The third-order valence-electron chi connectivity index (χ3n) is 5.09. The molecule has 0 unspecified atom stereocenters. The second kappa shape index (κ2) is 7.54. The van der Waals surface area contributed by atoms with Gasteiger partial charge in [0.05, 0.1) is 16.8 Å². The second-order valence-electron chi connectivity index (χ2n) is 9.14. The lowest BCUT2D eigenvalue weighted by atomic mass is 10.1. The molecule has 0 saturated heterocycles. The predicted octanol–water partition coefficient (Wildman–Crippen LogP) is 6.18. The lowest BCUT2D eigenvalue weighted by molar-refractivity contribution is 0.0697.